The van der Waals surface area contributed by atoms with E-state index in [4.69, 9.17) is 0 Å². The highest BCUT2D eigenvalue weighted by molar-refractivity contribution is 7.07. The van der Waals surface area contributed by atoms with Crippen molar-refractivity contribution < 1.29 is 13.6 Å². The molecule has 2 aromatic rings. The first-order valence-electron chi connectivity index (χ1n) is 8.18. The summed E-state index contributed by atoms with van der Waals surface area (Å²) in [6, 6.07) is 3.59. The first-order valence-corrected chi connectivity index (χ1v) is 9.13. The lowest BCUT2D eigenvalue weighted by Crippen LogP contribution is -2.51. The fraction of sp³-hybridized carbons (Fsp3) is 0.412. The smallest absolute Gasteiger partial charge is 0.317 e. The van der Waals surface area contributed by atoms with E-state index in [9.17, 15) is 13.6 Å². The highest BCUT2D eigenvalue weighted by atomic mass is 32.1. The normalized spacial score (nSPS) is 15.4. The summed E-state index contributed by atoms with van der Waals surface area (Å²) >= 11 is 1.58. The van der Waals surface area contributed by atoms with Crippen molar-refractivity contribution in [3.63, 3.8) is 0 Å². The van der Waals surface area contributed by atoms with E-state index in [0.717, 1.165) is 25.3 Å². The van der Waals surface area contributed by atoms with Crippen molar-refractivity contribution in [1.82, 2.24) is 20.1 Å². The molecule has 0 radical (unpaired) electrons. The number of hydrogen-bond donors (Lipinski definition) is 1. The SMILES string of the molecule is O=C(NCCc1c(F)cccc1F)N1CCN(Cc2cscn2)CC1. The number of nitrogens with zero attached hydrogens (tertiary/aromatic N) is 3. The third-order valence-electron chi connectivity index (χ3n) is 4.24. The van der Waals surface area contributed by atoms with Crippen LogP contribution in [0.3, 0.4) is 0 Å². The van der Waals surface area contributed by atoms with E-state index in [1.807, 2.05) is 10.9 Å². The number of hydrogen-bond acceptors (Lipinski definition) is 4. The Labute approximate surface area is 149 Å². The number of carbonyl (C=O) groups excluding carboxylic acids is 1. The van der Waals surface area contributed by atoms with E-state index >= 15 is 0 Å². The van der Waals surface area contributed by atoms with E-state index in [2.05, 4.69) is 15.2 Å². The van der Waals surface area contributed by atoms with E-state index in [1.54, 1.807) is 16.2 Å². The van der Waals surface area contributed by atoms with Gasteiger partial charge in [-0.1, -0.05) is 6.07 Å². The largest absolute Gasteiger partial charge is 0.338 e. The van der Waals surface area contributed by atoms with Gasteiger partial charge in [0, 0.05) is 50.2 Å². The van der Waals surface area contributed by atoms with Gasteiger partial charge in [0.1, 0.15) is 11.6 Å². The fourth-order valence-electron chi connectivity index (χ4n) is 2.83. The van der Waals surface area contributed by atoms with Gasteiger partial charge in [0.05, 0.1) is 11.2 Å². The molecule has 1 saturated heterocycles. The summed E-state index contributed by atoms with van der Waals surface area (Å²) in [5.41, 5.74) is 2.88. The van der Waals surface area contributed by atoms with Crippen LogP contribution in [0.15, 0.2) is 29.1 Å². The van der Waals surface area contributed by atoms with Gasteiger partial charge in [-0.15, -0.1) is 11.3 Å². The Balaban J connectivity index is 1.41. The second-order valence-electron chi connectivity index (χ2n) is 5.93. The van der Waals surface area contributed by atoms with Crippen LogP contribution in [-0.2, 0) is 13.0 Å². The molecule has 1 fully saturated rings. The van der Waals surface area contributed by atoms with Gasteiger partial charge < -0.3 is 10.2 Å². The Morgan fingerprint density at radius 2 is 1.92 bits per heavy atom. The molecule has 2 heterocycles. The number of thiazole rings is 1. The maximum atomic E-state index is 13.6. The summed E-state index contributed by atoms with van der Waals surface area (Å²) in [5, 5.41) is 4.77. The second kappa shape index (κ2) is 8.35. The lowest BCUT2D eigenvalue weighted by molar-refractivity contribution is 0.134. The van der Waals surface area contributed by atoms with Crippen LogP contribution >= 0.6 is 11.3 Å². The van der Waals surface area contributed by atoms with Crippen molar-refractivity contribution in [2.75, 3.05) is 32.7 Å². The molecule has 1 aliphatic heterocycles. The molecule has 3 rings (SSSR count). The summed E-state index contributed by atoms with van der Waals surface area (Å²) < 4.78 is 27.1. The molecule has 1 aromatic carbocycles. The van der Waals surface area contributed by atoms with Gasteiger partial charge in [-0.25, -0.2) is 18.6 Å². The third kappa shape index (κ3) is 4.73. The fourth-order valence-corrected chi connectivity index (χ4v) is 3.38. The number of nitrogens with one attached hydrogen (secondary N) is 1. The molecule has 8 heteroatoms. The number of aromatic nitrogens is 1. The molecular formula is C17H20F2N4OS. The average molecular weight is 366 g/mol. The Morgan fingerprint density at radius 1 is 1.20 bits per heavy atom. The van der Waals surface area contributed by atoms with Gasteiger partial charge in [-0.3, -0.25) is 4.90 Å². The van der Waals surface area contributed by atoms with E-state index in [1.165, 1.54) is 18.2 Å². The number of halogens is 2. The topological polar surface area (TPSA) is 48.5 Å². The minimum Gasteiger partial charge on any atom is -0.338 e. The first kappa shape index (κ1) is 17.8. The molecule has 25 heavy (non-hydrogen) atoms. The summed E-state index contributed by atoms with van der Waals surface area (Å²) in [4.78, 5) is 20.4. The standard InChI is InChI=1S/C17H20F2N4OS/c18-15-2-1-3-16(19)14(15)4-5-20-17(24)23-8-6-22(7-9-23)10-13-11-25-12-21-13/h1-3,11-12H,4-10H2,(H,20,24). The van der Waals surface area contributed by atoms with Gasteiger partial charge in [0.2, 0.25) is 0 Å². The predicted octanol–water partition coefficient (Wildman–Crippen LogP) is 2.49. The Kier molecular flexibility index (Phi) is 5.93. The second-order valence-corrected chi connectivity index (χ2v) is 6.64. The van der Waals surface area contributed by atoms with Gasteiger partial charge >= 0.3 is 6.03 Å². The quantitative estimate of drug-likeness (QED) is 0.885. The highest BCUT2D eigenvalue weighted by Gasteiger charge is 2.21. The van der Waals surface area contributed by atoms with Crippen LogP contribution in [0.1, 0.15) is 11.3 Å². The van der Waals surface area contributed by atoms with Crippen molar-refractivity contribution in [2.45, 2.75) is 13.0 Å². The zero-order valence-electron chi connectivity index (χ0n) is 13.8. The molecule has 1 aromatic heterocycles. The Hall–Kier alpha value is -2.06. The first-order chi connectivity index (χ1) is 12.1. The van der Waals surface area contributed by atoms with Crippen molar-refractivity contribution in [3.05, 3.63) is 52.0 Å². The van der Waals surface area contributed by atoms with Crippen LogP contribution in [0.2, 0.25) is 0 Å². The van der Waals surface area contributed by atoms with Crippen molar-refractivity contribution in [3.8, 4) is 0 Å². The van der Waals surface area contributed by atoms with Crippen LogP contribution in [0, 0.1) is 11.6 Å². The molecule has 1 N–H and O–H groups in total. The average Bonchev–Trinajstić information content (AvgIpc) is 3.11. The van der Waals surface area contributed by atoms with Gasteiger partial charge in [0.25, 0.3) is 0 Å². The predicted molar refractivity (Wildman–Crippen MR) is 92.4 cm³/mol. The molecule has 1 aliphatic rings. The van der Waals surface area contributed by atoms with Crippen LogP contribution < -0.4 is 5.32 Å². The lowest BCUT2D eigenvalue weighted by Gasteiger charge is -2.34. The van der Waals surface area contributed by atoms with E-state index in [0.29, 0.717) is 13.1 Å². The van der Waals surface area contributed by atoms with Gasteiger partial charge in [0.15, 0.2) is 0 Å². The number of urea groups is 1. The third-order valence-corrected chi connectivity index (χ3v) is 4.88. The van der Waals surface area contributed by atoms with Gasteiger partial charge in [-0.05, 0) is 18.6 Å². The number of benzene rings is 1. The molecule has 0 unspecified atom stereocenters. The monoisotopic (exact) mass is 366 g/mol. The van der Waals surface area contributed by atoms with E-state index in [-0.39, 0.29) is 24.6 Å². The van der Waals surface area contributed by atoms with Crippen molar-refractivity contribution >= 4 is 17.4 Å². The maximum Gasteiger partial charge on any atom is 0.317 e. The minimum atomic E-state index is -0.579. The Morgan fingerprint density at radius 3 is 2.56 bits per heavy atom. The Bertz CT molecular complexity index is 682. The van der Waals surface area contributed by atoms with Crippen LogP contribution in [0.5, 0.6) is 0 Å². The maximum absolute atomic E-state index is 13.6. The summed E-state index contributed by atoms with van der Waals surface area (Å²) in [6.07, 6.45) is 0.133. The van der Waals surface area contributed by atoms with Gasteiger partial charge in [-0.2, -0.15) is 0 Å². The van der Waals surface area contributed by atoms with Crippen molar-refractivity contribution in [1.29, 1.82) is 0 Å². The van der Waals surface area contributed by atoms with E-state index < -0.39 is 11.6 Å². The summed E-state index contributed by atoms with van der Waals surface area (Å²) in [7, 11) is 0. The number of amides is 2. The molecule has 0 aliphatic carbocycles. The van der Waals surface area contributed by atoms with Crippen LogP contribution in [0.25, 0.3) is 0 Å². The molecular weight excluding hydrogens is 346 g/mol. The number of carbonyl (C=O) groups is 1. The molecule has 0 bridgehead atoms. The minimum absolute atomic E-state index is 0.0101. The molecule has 2 amide bonds. The molecule has 134 valence electrons. The zero-order chi connectivity index (χ0) is 17.6. The number of rotatable bonds is 5. The summed E-state index contributed by atoms with van der Waals surface area (Å²) in [6.45, 7) is 3.83. The highest BCUT2D eigenvalue weighted by Crippen LogP contribution is 2.12. The lowest BCUT2D eigenvalue weighted by atomic mass is 10.1. The molecule has 0 atom stereocenters. The molecule has 5 nitrogen and oxygen atoms in total. The van der Waals surface area contributed by atoms with Crippen LogP contribution in [0.4, 0.5) is 13.6 Å². The van der Waals surface area contributed by atoms with Crippen molar-refractivity contribution in [2.24, 2.45) is 0 Å². The number of piperazine rings is 1. The molecule has 0 saturated carbocycles. The zero-order valence-corrected chi connectivity index (χ0v) is 14.6. The molecule has 0 spiro atoms. The van der Waals surface area contributed by atoms with Crippen LogP contribution in [-0.4, -0.2) is 53.5 Å². The summed E-state index contributed by atoms with van der Waals surface area (Å²) in [5.74, 6) is -1.16.